The quantitative estimate of drug-likeness (QED) is 0.873. The first-order chi connectivity index (χ1) is 9.47. The zero-order chi connectivity index (χ0) is 14.7. The molecule has 2 unspecified atom stereocenters. The van der Waals surface area contributed by atoms with Gasteiger partial charge in [0.05, 0.1) is 17.5 Å². The Morgan fingerprint density at radius 1 is 1.40 bits per heavy atom. The van der Waals surface area contributed by atoms with Gasteiger partial charge in [-0.05, 0) is 30.4 Å². The highest BCUT2D eigenvalue weighted by atomic mass is 32.2. The standard InChI is InChI=1S/C15H19NO3S/c1-9-3-4-11-6-10(2)15(12(11)5-9)16-13(17)7-20-8-14(18)19/h3-5,10,15H,6-8H2,1-2H3,(H,16,17)(H,18,19). The highest BCUT2D eigenvalue weighted by Gasteiger charge is 2.30. The third-order valence-corrected chi connectivity index (χ3v) is 4.44. The first-order valence-electron chi connectivity index (χ1n) is 6.65. The highest BCUT2D eigenvalue weighted by Crippen LogP contribution is 2.36. The number of carboxylic acid groups (broad SMARTS) is 1. The molecule has 0 aliphatic heterocycles. The predicted octanol–water partition coefficient (Wildman–Crippen LogP) is 2.16. The van der Waals surface area contributed by atoms with Crippen LogP contribution < -0.4 is 5.32 Å². The molecule has 0 aromatic heterocycles. The van der Waals surface area contributed by atoms with Crippen LogP contribution in [0.4, 0.5) is 0 Å². The number of hydrogen-bond donors (Lipinski definition) is 2. The second kappa shape index (κ2) is 6.31. The number of benzene rings is 1. The number of thioether (sulfide) groups is 1. The Kier molecular flexibility index (Phi) is 4.70. The molecule has 0 bridgehead atoms. The van der Waals surface area contributed by atoms with Crippen LogP contribution in [0.2, 0.25) is 0 Å². The lowest BCUT2D eigenvalue weighted by atomic mass is 10.0. The van der Waals surface area contributed by atoms with Crippen molar-refractivity contribution in [2.45, 2.75) is 26.3 Å². The van der Waals surface area contributed by atoms with Crippen LogP contribution in [0.15, 0.2) is 18.2 Å². The molecule has 1 aliphatic rings. The fraction of sp³-hybridized carbons (Fsp3) is 0.467. The smallest absolute Gasteiger partial charge is 0.313 e. The van der Waals surface area contributed by atoms with Crippen molar-refractivity contribution in [3.05, 3.63) is 34.9 Å². The lowest BCUT2D eigenvalue weighted by Crippen LogP contribution is -2.32. The summed E-state index contributed by atoms with van der Waals surface area (Å²) in [6.07, 6.45) is 0.975. The molecule has 1 aliphatic carbocycles. The van der Waals surface area contributed by atoms with E-state index < -0.39 is 5.97 Å². The van der Waals surface area contributed by atoms with Gasteiger partial charge in [0, 0.05) is 0 Å². The molecule has 2 N–H and O–H groups in total. The summed E-state index contributed by atoms with van der Waals surface area (Å²) in [4.78, 5) is 22.3. The fourth-order valence-corrected chi connectivity index (χ4v) is 3.17. The van der Waals surface area contributed by atoms with Crippen molar-refractivity contribution in [2.75, 3.05) is 11.5 Å². The second-order valence-electron chi connectivity index (χ2n) is 5.32. The molecule has 0 radical (unpaired) electrons. The Hall–Kier alpha value is -1.49. The monoisotopic (exact) mass is 293 g/mol. The van der Waals surface area contributed by atoms with Crippen molar-refractivity contribution >= 4 is 23.6 Å². The second-order valence-corrected chi connectivity index (χ2v) is 6.30. The summed E-state index contributed by atoms with van der Waals surface area (Å²) < 4.78 is 0. The van der Waals surface area contributed by atoms with Crippen molar-refractivity contribution < 1.29 is 14.7 Å². The van der Waals surface area contributed by atoms with E-state index in [9.17, 15) is 9.59 Å². The van der Waals surface area contributed by atoms with Crippen molar-refractivity contribution in [2.24, 2.45) is 5.92 Å². The Bertz CT molecular complexity index is 530. The van der Waals surface area contributed by atoms with Gasteiger partial charge in [0.1, 0.15) is 0 Å². The number of carboxylic acids is 1. The summed E-state index contributed by atoms with van der Waals surface area (Å²) in [5.74, 6) is -0.458. The number of amides is 1. The molecule has 0 saturated heterocycles. The molecule has 4 nitrogen and oxygen atoms in total. The molecule has 1 amide bonds. The van der Waals surface area contributed by atoms with E-state index in [-0.39, 0.29) is 23.5 Å². The van der Waals surface area contributed by atoms with Gasteiger partial charge in [0.2, 0.25) is 5.91 Å². The van der Waals surface area contributed by atoms with Crippen LogP contribution in [0.25, 0.3) is 0 Å². The summed E-state index contributed by atoms with van der Waals surface area (Å²) in [6.45, 7) is 4.18. The predicted molar refractivity (Wildman–Crippen MR) is 79.9 cm³/mol. The maximum atomic E-state index is 11.9. The number of aryl methyl sites for hydroxylation is 1. The van der Waals surface area contributed by atoms with Crippen molar-refractivity contribution in [3.8, 4) is 0 Å². The molecule has 1 aromatic rings. The molecule has 2 atom stereocenters. The molecule has 5 heteroatoms. The lowest BCUT2D eigenvalue weighted by Gasteiger charge is -2.19. The summed E-state index contributed by atoms with van der Waals surface area (Å²) >= 11 is 1.13. The molecule has 1 aromatic carbocycles. The first-order valence-corrected chi connectivity index (χ1v) is 7.81. The zero-order valence-electron chi connectivity index (χ0n) is 11.7. The molecule has 0 heterocycles. The van der Waals surface area contributed by atoms with Gasteiger partial charge in [0.15, 0.2) is 0 Å². The lowest BCUT2D eigenvalue weighted by molar-refractivity contribution is -0.133. The van der Waals surface area contributed by atoms with E-state index in [0.717, 1.165) is 18.2 Å². The van der Waals surface area contributed by atoms with E-state index in [1.807, 2.05) is 6.92 Å². The molecule has 108 valence electrons. The van der Waals surface area contributed by atoms with Crippen LogP contribution in [0, 0.1) is 12.8 Å². The Morgan fingerprint density at radius 2 is 2.15 bits per heavy atom. The summed E-state index contributed by atoms with van der Waals surface area (Å²) in [6, 6.07) is 6.40. The van der Waals surface area contributed by atoms with E-state index >= 15 is 0 Å². The minimum atomic E-state index is -0.891. The number of rotatable bonds is 5. The SMILES string of the molecule is Cc1ccc2c(c1)C(NC(=O)CSCC(=O)O)C(C)C2. The molecular weight excluding hydrogens is 274 g/mol. The third kappa shape index (κ3) is 3.54. The Labute approximate surface area is 123 Å². The molecule has 0 fully saturated rings. The number of fused-ring (bicyclic) bond motifs is 1. The molecule has 0 saturated carbocycles. The maximum absolute atomic E-state index is 11.9. The van der Waals surface area contributed by atoms with Crippen LogP contribution in [0.3, 0.4) is 0 Å². The molecule has 0 spiro atoms. The number of hydrogen-bond acceptors (Lipinski definition) is 3. The van der Waals surface area contributed by atoms with E-state index in [0.29, 0.717) is 5.92 Å². The summed E-state index contributed by atoms with van der Waals surface area (Å²) in [5.41, 5.74) is 3.69. The van der Waals surface area contributed by atoms with Crippen molar-refractivity contribution in [1.29, 1.82) is 0 Å². The Morgan fingerprint density at radius 3 is 2.85 bits per heavy atom. The van der Waals surface area contributed by atoms with Crippen LogP contribution in [-0.4, -0.2) is 28.5 Å². The topological polar surface area (TPSA) is 66.4 Å². The molecule has 20 heavy (non-hydrogen) atoms. The van der Waals surface area contributed by atoms with Crippen LogP contribution in [0.1, 0.15) is 29.7 Å². The third-order valence-electron chi connectivity index (χ3n) is 3.52. The van der Waals surface area contributed by atoms with Gasteiger partial charge < -0.3 is 10.4 Å². The van der Waals surface area contributed by atoms with E-state index in [4.69, 9.17) is 5.11 Å². The van der Waals surface area contributed by atoms with Gasteiger partial charge in [-0.3, -0.25) is 9.59 Å². The maximum Gasteiger partial charge on any atom is 0.313 e. The molecule has 2 rings (SSSR count). The Balaban J connectivity index is 1.98. The van der Waals surface area contributed by atoms with Crippen molar-refractivity contribution in [3.63, 3.8) is 0 Å². The zero-order valence-corrected chi connectivity index (χ0v) is 12.5. The van der Waals surface area contributed by atoms with E-state index in [1.165, 1.54) is 16.7 Å². The average Bonchev–Trinajstić information content (AvgIpc) is 2.65. The average molecular weight is 293 g/mol. The minimum Gasteiger partial charge on any atom is -0.481 e. The van der Waals surface area contributed by atoms with E-state index in [2.05, 4.69) is 30.4 Å². The van der Waals surface area contributed by atoms with Gasteiger partial charge >= 0.3 is 5.97 Å². The number of nitrogens with one attached hydrogen (secondary N) is 1. The van der Waals surface area contributed by atoms with Crippen molar-refractivity contribution in [1.82, 2.24) is 5.32 Å². The van der Waals surface area contributed by atoms with E-state index in [1.54, 1.807) is 0 Å². The van der Waals surface area contributed by atoms with Crippen LogP contribution in [-0.2, 0) is 16.0 Å². The summed E-state index contributed by atoms with van der Waals surface area (Å²) in [7, 11) is 0. The first kappa shape index (κ1) is 14.9. The number of carbonyl (C=O) groups excluding carboxylic acids is 1. The van der Waals surface area contributed by atoms with Crippen LogP contribution in [0.5, 0.6) is 0 Å². The number of aliphatic carboxylic acids is 1. The van der Waals surface area contributed by atoms with Gasteiger partial charge in [-0.15, -0.1) is 11.8 Å². The van der Waals surface area contributed by atoms with Gasteiger partial charge in [-0.2, -0.15) is 0 Å². The molecular formula is C15H19NO3S. The van der Waals surface area contributed by atoms with Gasteiger partial charge in [0.25, 0.3) is 0 Å². The highest BCUT2D eigenvalue weighted by molar-refractivity contribution is 8.00. The van der Waals surface area contributed by atoms with Gasteiger partial charge in [-0.25, -0.2) is 0 Å². The van der Waals surface area contributed by atoms with Gasteiger partial charge in [-0.1, -0.05) is 30.7 Å². The normalized spacial score (nSPS) is 20.5. The largest absolute Gasteiger partial charge is 0.481 e. The fourth-order valence-electron chi connectivity index (χ4n) is 2.63. The number of carbonyl (C=O) groups is 2. The minimum absolute atomic E-state index is 0.0384. The van der Waals surface area contributed by atoms with Crippen LogP contribution >= 0.6 is 11.8 Å². The summed E-state index contributed by atoms with van der Waals surface area (Å²) in [5, 5.41) is 11.6.